The summed E-state index contributed by atoms with van der Waals surface area (Å²) in [6, 6.07) is -0.996. The Labute approximate surface area is 145 Å². The molecule has 0 aromatic heterocycles. The highest BCUT2D eigenvalue weighted by molar-refractivity contribution is 7.89. The van der Waals surface area contributed by atoms with E-state index in [1.807, 2.05) is 34.4 Å². The average molecular weight is 387 g/mol. The highest BCUT2D eigenvalue weighted by atomic mass is 32.2. The topological polar surface area (TPSA) is 133 Å². The number of amides is 2. The normalized spacial score (nSPS) is 12.1. The summed E-state index contributed by atoms with van der Waals surface area (Å²) in [5.41, 5.74) is 3.80. The van der Waals surface area contributed by atoms with Gasteiger partial charge in [-0.1, -0.05) is 52.4 Å². The van der Waals surface area contributed by atoms with Crippen molar-refractivity contribution in [2.24, 2.45) is 0 Å². The van der Waals surface area contributed by atoms with Crippen molar-refractivity contribution in [1.82, 2.24) is 20.5 Å². The van der Waals surface area contributed by atoms with Crippen LogP contribution >= 0.6 is 0 Å². The Morgan fingerprint density at radius 3 is 1.38 bits per heavy atom. The van der Waals surface area contributed by atoms with Gasteiger partial charge in [-0.3, -0.25) is 10.9 Å². The third-order valence-corrected chi connectivity index (χ3v) is 5.65. The van der Waals surface area contributed by atoms with Crippen LogP contribution in [-0.2, 0) is 20.0 Å². The summed E-state index contributed by atoms with van der Waals surface area (Å²) in [5, 5.41) is 0. The molecule has 0 radical (unpaired) electrons. The molecule has 9 nitrogen and oxygen atoms in total. The van der Waals surface area contributed by atoms with Crippen LogP contribution in [-0.4, -0.2) is 34.4 Å². The van der Waals surface area contributed by atoms with Crippen LogP contribution in [0.1, 0.15) is 65.2 Å². The molecule has 0 unspecified atom stereocenters. The summed E-state index contributed by atoms with van der Waals surface area (Å²) < 4.78 is 46.4. The van der Waals surface area contributed by atoms with Gasteiger partial charge in [0.2, 0.25) is 20.0 Å². The quantitative estimate of drug-likeness (QED) is 0.262. The highest BCUT2D eigenvalue weighted by Crippen LogP contribution is 2.01. The van der Waals surface area contributed by atoms with Crippen LogP contribution in [0.15, 0.2) is 0 Å². The van der Waals surface area contributed by atoms with Crippen LogP contribution in [0.2, 0.25) is 0 Å². The van der Waals surface area contributed by atoms with Crippen molar-refractivity contribution in [1.29, 1.82) is 0 Å². The lowest BCUT2D eigenvalue weighted by Gasteiger charge is -2.11. The highest BCUT2D eigenvalue weighted by Gasteiger charge is 2.13. The summed E-state index contributed by atoms with van der Waals surface area (Å²) >= 11 is 0. The molecule has 0 rings (SSSR count). The van der Waals surface area contributed by atoms with Crippen molar-refractivity contribution in [3.63, 3.8) is 0 Å². The fourth-order valence-corrected chi connectivity index (χ4v) is 3.69. The lowest BCUT2D eigenvalue weighted by molar-refractivity contribution is 0.237. The number of rotatable bonds is 14. The van der Waals surface area contributed by atoms with E-state index in [1.54, 1.807) is 0 Å². The average Bonchev–Trinajstić information content (AvgIpc) is 2.52. The number of hydrogen-bond donors (Lipinski definition) is 4. The minimum Gasteiger partial charge on any atom is -0.258 e. The number of urea groups is 1. The van der Waals surface area contributed by atoms with E-state index in [4.69, 9.17) is 0 Å². The van der Waals surface area contributed by atoms with Crippen molar-refractivity contribution >= 4 is 26.1 Å². The standard InChI is InChI=1S/C13H30N4O5S2/c1-3-5-7-9-11-23(19,20)16-14-13(18)15-17-24(21,22)12-10-8-6-4-2/h16-17H,3-12H2,1-2H3,(H2,14,15,18). The number of unbranched alkanes of at least 4 members (excludes halogenated alkanes) is 6. The fraction of sp³-hybridized carbons (Fsp3) is 0.923. The number of carbonyl (C=O) groups excluding carboxylic acids is 1. The van der Waals surface area contributed by atoms with Gasteiger partial charge in [-0.2, -0.15) is 0 Å². The molecule has 4 N–H and O–H groups in total. The Balaban J connectivity index is 4.00. The van der Waals surface area contributed by atoms with E-state index in [-0.39, 0.29) is 11.5 Å². The SMILES string of the molecule is CCCCCCS(=O)(=O)NNC(=O)NNS(=O)(=O)CCCCCC. The Bertz CT molecular complexity index is 501. The van der Waals surface area contributed by atoms with Gasteiger partial charge in [0.25, 0.3) is 0 Å². The monoisotopic (exact) mass is 386 g/mol. The second kappa shape index (κ2) is 12.5. The first kappa shape index (κ1) is 23.1. The Kier molecular flexibility index (Phi) is 12.0. The number of hydrogen-bond acceptors (Lipinski definition) is 5. The lowest BCUT2D eigenvalue weighted by Crippen LogP contribution is -2.53. The molecule has 0 aliphatic carbocycles. The molecule has 0 aromatic carbocycles. The molecule has 0 aliphatic rings. The predicted octanol–water partition coefficient (Wildman–Crippen LogP) is 1.12. The van der Waals surface area contributed by atoms with Crippen LogP contribution in [0.3, 0.4) is 0 Å². The largest absolute Gasteiger partial charge is 0.345 e. The fourth-order valence-electron chi connectivity index (χ4n) is 1.82. The van der Waals surface area contributed by atoms with Gasteiger partial charge in [-0.15, -0.1) is 9.66 Å². The molecule has 144 valence electrons. The van der Waals surface area contributed by atoms with Gasteiger partial charge < -0.3 is 0 Å². The molecule has 0 aliphatic heterocycles. The maximum absolute atomic E-state index is 11.6. The van der Waals surface area contributed by atoms with Crippen molar-refractivity contribution in [2.75, 3.05) is 11.5 Å². The molecule has 0 aromatic rings. The molecule has 2 amide bonds. The minimum absolute atomic E-state index is 0.101. The summed E-state index contributed by atoms with van der Waals surface area (Å²) in [4.78, 5) is 15.2. The van der Waals surface area contributed by atoms with Gasteiger partial charge in [-0.05, 0) is 12.8 Å². The maximum Gasteiger partial charge on any atom is 0.345 e. The van der Waals surface area contributed by atoms with E-state index in [0.717, 1.165) is 38.5 Å². The molecule has 24 heavy (non-hydrogen) atoms. The zero-order chi connectivity index (χ0) is 18.5. The summed E-state index contributed by atoms with van der Waals surface area (Å²) in [7, 11) is -7.26. The van der Waals surface area contributed by atoms with Crippen LogP contribution in [0.5, 0.6) is 0 Å². The molecule has 11 heteroatoms. The first-order valence-electron chi connectivity index (χ1n) is 8.27. The van der Waals surface area contributed by atoms with E-state index >= 15 is 0 Å². The van der Waals surface area contributed by atoms with E-state index in [9.17, 15) is 21.6 Å². The van der Waals surface area contributed by atoms with E-state index in [0.29, 0.717) is 12.8 Å². The molecule has 0 atom stereocenters. The van der Waals surface area contributed by atoms with E-state index in [2.05, 4.69) is 0 Å². The molecular formula is C13H30N4O5S2. The molecule has 0 spiro atoms. The summed E-state index contributed by atoms with van der Waals surface area (Å²) in [5.74, 6) is -0.202. The number of carbonyl (C=O) groups is 1. The Hall–Kier alpha value is -0.910. The number of sulfonamides is 2. The second-order valence-electron chi connectivity index (χ2n) is 5.54. The van der Waals surface area contributed by atoms with Crippen LogP contribution in [0.4, 0.5) is 4.79 Å². The van der Waals surface area contributed by atoms with Crippen molar-refractivity contribution < 1.29 is 21.6 Å². The van der Waals surface area contributed by atoms with Crippen molar-refractivity contribution in [2.45, 2.75) is 65.2 Å². The Morgan fingerprint density at radius 2 is 1.04 bits per heavy atom. The third kappa shape index (κ3) is 13.5. The van der Waals surface area contributed by atoms with Gasteiger partial charge in [0.05, 0.1) is 11.5 Å². The van der Waals surface area contributed by atoms with E-state index < -0.39 is 26.1 Å². The first-order chi connectivity index (χ1) is 11.2. The smallest absolute Gasteiger partial charge is 0.258 e. The number of hydrazine groups is 2. The third-order valence-electron chi connectivity index (χ3n) is 3.17. The van der Waals surface area contributed by atoms with Gasteiger partial charge in [0.15, 0.2) is 0 Å². The Morgan fingerprint density at radius 1 is 0.667 bits per heavy atom. The lowest BCUT2D eigenvalue weighted by atomic mass is 10.2. The second-order valence-corrected chi connectivity index (χ2v) is 9.23. The van der Waals surface area contributed by atoms with Crippen LogP contribution < -0.4 is 20.5 Å². The van der Waals surface area contributed by atoms with Crippen molar-refractivity contribution in [3.05, 3.63) is 0 Å². The minimum atomic E-state index is -3.63. The molecule has 0 fully saturated rings. The van der Waals surface area contributed by atoms with Gasteiger partial charge in [-0.25, -0.2) is 21.6 Å². The van der Waals surface area contributed by atoms with Crippen LogP contribution in [0.25, 0.3) is 0 Å². The van der Waals surface area contributed by atoms with Gasteiger partial charge in [0, 0.05) is 0 Å². The molecule has 0 bridgehead atoms. The first-order valence-corrected chi connectivity index (χ1v) is 11.6. The maximum atomic E-state index is 11.6. The summed E-state index contributed by atoms with van der Waals surface area (Å²) in [6.07, 6.45) is 6.46. The van der Waals surface area contributed by atoms with Crippen molar-refractivity contribution in [3.8, 4) is 0 Å². The predicted molar refractivity (Wildman–Crippen MR) is 93.8 cm³/mol. The molecule has 0 heterocycles. The molecule has 0 saturated heterocycles. The summed E-state index contributed by atoms with van der Waals surface area (Å²) in [6.45, 7) is 4.03. The zero-order valence-electron chi connectivity index (χ0n) is 14.4. The molecule has 0 saturated carbocycles. The molecular weight excluding hydrogens is 356 g/mol. The van der Waals surface area contributed by atoms with Gasteiger partial charge in [0.1, 0.15) is 0 Å². The van der Waals surface area contributed by atoms with E-state index in [1.165, 1.54) is 0 Å². The number of nitrogens with one attached hydrogen (secondary N) is 4. The zero-order valence-corrected chi connectivity index (χ0v) is 16.1. The van der Waals surface area contributed by atoms with Crippen LogP contribution in [0, 0.1) is 0 Å². The van der Waals surface area contributed by atoms with Gasteiger partial charge >= 0.3 is 6.03 Å².